The van der Waals surface area contributed by atoms with Gasteiger partial charge in [-0.25, -0.2) is 4.98 Å². The molecule has 0 saturated carbocycles. The minimum absolute atomic E-state index is 0.417. The highest BCUT2D eigenvalue weighted by Gasteiger charge is 2.48. The summed E-state index contributed by atoms with van der Waals surface area (Å²) in [6.07, 6.45) is 5.59. The van der Waals surface area contributed by atoms with Gasteiger partial charge < -0.3 is 19.7 Å². The number of nitrogens with zero attached hydrogens (tertiary/aromatic N) is 3. The summed E-state index contributed by atoms with van der Waals surface area (Å²) in [5, 5.41) is 20.2. The van der Waals surface area contributed by atoms with E-state index in [-0.39, 0.29) is 0 Å². The number of imidazole rings is 1. The van der Waals surface area contributed by atoms with Crippen molar-refractivity contribution in [2.45, 2.75) is 45.6 Å². The monoisotopic (exact) mass is 323 g/mol. The molecule has 1 aromatic heterocycles. The highest BCUT2D eigenvalue weighted by Crippen LogP contribution is 2.36. The van der Waals surface area contributed by atoms with Gasteiger partial charge in [-0.1, -0.05) is 13.8 Å². The van der Waals surface area contributed by atoms with Crippen LogP contribution in [0.4, 0.5) is 0 Å². The molecule has 1 saturated heterocycles. The van der Waals surface area contributed by atoms with E-state index in [4.69, 9.17) is 0 Å². The molecule has 0 radical (unpaired) electrons. The number of rotatable bonds is 7. The van der Waals surface area contributed by atoms with Crippen LogP contribution in [0.3, 0.4) is 0 Å². The number of aromatic nitrogens is 2. The van der Waals surface area contributed by atoms with Crippen molar-refractivity contribution < 1.29 is 15.0 Å². The maximum Gasteiger partial charge on any atom is 0.313 e. The molecule has 0 unspecified atom stereocenters. The second-order valence-electron chi connectivity index (χ2n) is 7.18. The van der Waals surface area contributed by atoms with E-state index in [0.717, 1.165) is 31.8 Å². The van der Waals surface area contributed by atoms with Crippen LogP contribution in [-0.4, -0.2) is 56.4 Å². The van der Waals surface area contributed by atoms with E-state index in [9.17, 15) is 15.0 Å². The zero-order valence-corrected chi connectivity index (χ0v) is 14.4. The lowest BCUT2D eigenvalue weighted by Crippen LogP contribution is -2.56. The van der Waals surface area contributed by atoms with Gasteiger partial charge in [-0.15, -0.1) is 0 Å². The van der Waals surface area contributed by atoms with Crippen molar-refractivity contribution in [3.8, 4) is 0 Å². The molecule has 1 aliphatic heterocycles. The number of hydrogen-bond donors (Lipinski definition) is 2. The van der Waals surface area contributed by atoms with Gasteiger partial charge in [0.2, 0.25) is 0 Å². The average molecular weight is 323 g/mol. The first-order valence-corrected chi connectivity index (χ1v) is 8.45. The number of aryl methyl sites for hydroxylation is 1. The van der Waals surface area contributed by atoms with Crippen LogP contribution in [0.2, 0.25) is 0 Å². The standard InChI is InChI=1S/C17H29N3O3/c1-13(2)4-7-17(16(22)23)12-20(9-5-14(17)21)10-6-15-18-8-11-19(15)3/h8,11,13-14,21H,4-7,9-10,12H2,1-3H3,(H,22,23)/t14-,17-/m1/s1. The molecule has 2 rings (SSSR count). The predicted molar refractivity (Wildman–Crippen MR) is 88.1 cm³/mol. The van der Waals surface area contributed by atoms with Crippen molar-refractivity contribution >= 4 is 5.97 Å². The Kier molecular flexibility index (Phi) is 5.81. The first-order valence-electron chi connectivity index (χ1n) is 8.45. The Morgan fingerprint density at radius 3 is 2.83 bits per heavy atom. The molecule has 6 heteroatoms. The molecule has 1 aliphatic rings. The fourth-order valence-corrected chi connectivity index (χ4v) is 3.36. The van der Waals surface area contributed by atoms with E-state index >= 15 is 0 Å². The molecule has 2 atom stereocenters. The van der Waals surface area contributed by atoms with Gasteiger partial charge in [0.1, 0.15) is 11.2 Å². The quantitative estimate of drug-likeness (QED) is 0.796. The van der Waals surface area contributed by atoms with Crippen molar-refractivity contribution in [2.24, 2.45) is 18.4 Å². The largest absolute Gasteiger partial charge is 0.481 e. The van der Waals surface area contributed by atoms with Crippen molar-refractivity contribution in [2.75, 3.05) is 19.6 Å². The van der Waals surface area contributed by atoms with Crippen LogP contribution in [0, 0.1) is 11.3 Å². The van der Waals surface area contributed by atoms with Crippen LogP contribution >= 0.6 is 0 Å². The lowest BCUT2D eigenvalue weighted by atomic mass is 9.73. The number of piperidine rings is 1. The maximum absolute atomic E-state index is 11.9. The second kappa shape index (κ2) is 7.45. The molecule has 0 bridgehead atoms. The molecular formula is C17H29N3O3. The second-order valence-corrected chi connectivity index (χ2v) is 7.18. The van der Waals surface area contributed by atoms with Gasteiger partial charge in [-0.05, 0) is 25.2 Å². The number of aliphatic carboxylic acids is 1. The van der Waals surface area contributed by atoms with Crippen molar-refractivity contribution in [3.63, 3.8) is 0 Å². The summed E-state index contributed by atoms with van der Waals surface area (Å²) in [5.41, 5.74) is -1.04. The van der Waals surface area contributed by atoms with E-state index in [1.807, 2.05) is 17.8 Å². The topological polar surface area (TPSA) is 78.6 Å². The summed E-state index contributed by atoms with van der Waals surface area (Å²) in [5.74, 6) is 0.563. The Balaban J connectivity index is 2.03. The molecule has 2 heterocycles. The van der Waals surface area contributed by atoms with Crippen molar-refractivity contribution in [3.05, 3.63) is 18.2 Å². The van der Waals surface area contributed by atoms with Crippen LogP contribution < -0.4 is 0 Å². The highest BCUT2D eigenvalue weighted by molar-refractivity contribution is 5.76. The molecule has 23 heavy (non-hydrogen) atoms. The van der Waals surface area contributed by atoms with Gasteiger partial charge in [0.15, 0.2) is 0 Å². The molecule has 130 valence electrons. The summed E-state index contributed by atoms with van der Waals surface area (Å²) in [6, 6.07) is 0. The lowest BCUT2D eigenvalue weighted by molar-refractivity contribution is -0.164. The molecule has 2 N–H and O–H groups in total. The molecular weight excluding hydrogens is 294 g/mol. The Morgan fingerprint density at radius 2 is 2.26 bits per heavy atom. The van der Waals surface area contributed by atoms with Crippen LogP contribution in [0.15, 0.2) is 12.4 Å². The highest BCUT2D eigenvalue weighted by atomic mass is 16.4. The fraction of sp³-hybridized carbons (Fsp3) is 0.765. The summed E-state index contributed by atoms with van der Waals surface area (Å²) >= 11 is 0. The van der Waals surface area contributed by atoms with Gasteiger partial charge >= 0.3 is 5.97 Å². The maximum atomic E-state index is 11.9. The van der Waals surface area contributed by atoms with Crippen LogP contribution in [0.1, 0.15) is 38.9 Å². The molecule has 0 amide bonds. The summed E-state index contributed by atoms with van der Waals surface area (Å²) in [7, 11) is 1.96. The van der Waals surface area contributed by atoms with Gasteiger partial charge in [0.25, 0.3) is 0 Å². The molecule has 0 aliphatic carbocycles. The summed E-state index contributed by atoms with van der Waals surface area (Å²) in [4.78, 5) is 18.4. The minimum Gasteiger partial charge on any atom is -0.481 e. The molecule has 6 nitrogen and oxygen atoms in total. The smallest absolute Gasteiger partial charge is 0.313 e. The SMILES string of the molecule is CC(C)CC[C@@]1(C(=O)O)CN(CCc2nccn2C)CC[C@H]1O. The number of hydrogen-bond acceptors (Lipinski definition) is 4. The van der Waals surface area contributed by atoms with Crippen molar-refractivity contribution in [1.29, 1.82) is 0 Å². The number of aliphatic hydroxyl groups excluding tert-OH is 1. The molecule has 0 aromatic carbocycles. The minimum atomic E-state index is -1.04. The number of likely N-dealkylation sites (tertiary alicyclic amines) is 1. The summed E-state index contributed by atoms with van der Waals surface area (Å²) in [6.45, 7) is 6.10. The Bertz CT molecular complexity index is 529. The third-order valence-corrected chi connectivity index (χ3v) is 5.03. The third kappa shape index (κ3) is 4.12. The molecule has 1 aromatic rings. The Labute approximate surface area is 138 Å². The number of carboxylic acids is 1. The zero-order valence-electron chi connectivity index (χ0n) is 14.4. The number of aliphatic hydroxyl groups is 1. The molecule has 1 fully saturated rings. The predicted octanol–water partition coefficient (Wildman–Crippen LogP) is 1.54. The zero-order chi connectivity index (χ0) is 17.0. The van der Waals surface area contributed by atoms with Crippen LogP contribution in [0.25, 0.3) is 0 Å². The van der Waals surface area contributed by atoms with Gasteiger partial charge in [0, 0.05) is 45.5 Å². The van der Waals surface area contributed by atoms with E-state index in [1.165, 1.54) is 0 Å². The first-order chi connectivity index (χ1) is 10.8. The third-order valence-electron chi connectivity index (χ3n) is 5.03. The normalized spacial score (nSPS) is 25.9. The van der Waals surface area contributed by atoms with Gasteiger partial charge in [0.05, 0.1) is 6.10 Å². The van der Waals surface area contributed by atoms with Gasteiger partial charge in [-0.2, -0.15) is 0 Å². The van der Waals surface area contributed by atoms with Crippen LogP contribution in [-0.2, 0) is 18.3 Å². The Hall–Kier alpha value is -1.40. The Morgan fingerprint density at radius 1 is 1.52 bits per heavy atom. The van der Waals surface area contributed by atoms with Crippen molar-refractivity contribution in [1.82, 2.24) is 14.5 Å². The van der Waals surface area contributed by atoms with E-state index < -0.39 is 17.5 Å². The lowest BCUT2D eigenvalue weighted by Gasteiger charge is -2.43. The fourth-order valence-electron chi connectivity index (χ4n) is 3.36. The number of carbonyl (C=O) groups is 1. The average Bonchev–Trinajstić information content (AvgIpc) is 2.90. The van der Waals surface area contributed by atoms with Crippen LogP contribution in [0.5, 0.6) is 0 Å². The van der Waals surface area contributed by atoms with E-state index in [2.05, 4.69) is 23.7 Å². The number of carboxylic acid groups (broad SMARTS) is 1. The first kappa shape index (κ1) is 17.9. The molecule has 0 spiro atoms. The van der Waals surface area contributed by atoms with Gasteiger partial charge in [-0.3, -0.25) is 4.79 Å². The van der Waals surface area contributed by atoms with E-state index in [1.54, 1.807) is 6.20 Å². The van der Waals surface area contributed by atoms with E-state index in [0.29, 0.717) is 25.3 Å². The summed E-state index contributed by atoms with van der Waals surface area (Å²) < 4.78 is 1.99.